The van der Waals surface area contributed by atoms with E-state index in [1.54, 1.807) is 0 Å². The number of carbonyl (C=O) groups is 1. The van der Waals surface area contributed by atoms with Crippen LogP contribution < -0.4 is 11.1 Å². The highest BCUT2D eigenvalue weighted by Crippen LogP contribution is 2.16. The van der Waals surface area contributed by atoms with Gasteiger partial charge in [-0.1, -0.05) is 5.16 Å². The molecule has 0 saturated heterocycles. The molecule has 0 aliphatic carbocycles. The Morgan fingerprint density at radius 2 is 1.86 bits per heavy atom. The number of aromatic hydroxyl groups is 1. The topological polar surface area (TPSA) is 108 Å². The first-order chi connectivity index (χ1) is 10.0. The summed E-state index contributed by atoms with van der Waals surface area (Å²) in [4.78, 5) is 12.0. The quantitative estimate of drug-likeness (QED) is 0.299. The second kappa shape index (κ2) is 5.91. The molecule has 1 amide bonds. The molecule has 0 saturated carbocycles. The molecule has 108 valence electrons. The maximum absolute atomic E-state index is 13.5. The number of anilines is 1. The predicted molar refractivity (Wildman–Crippen MR) is 75.0 cm³/mol. The number of nitrogens with two attached hydrogens (primary N) is 1. The molecule has 6 nitrogen and oxygen atoms in total. The van der Waals surface area contributed by atoms with E-state index in [4.69, 9.17) is 16.0 Å². The van der Waals surface area contributed by atoms with E-state index in [9.17, 15) is 9.18 Å². The minimum absolute atomic E-state index is 0.0440. The Bertz CT molecular complexity index is 699. The number of nitrogens with zero attached hydrogens (tertiary/aromatic N) is 1. The summed E-state index contributed by atoms with van der Waals surface area (Å²) in [6, 6.07) is 9.34. The van der Waals surface area contributed by atoms with Crippen LogP contribution in [0.5, 0.6) is 5.75 Å². The van der Waals surface area contributed by atoms with Gasteiger partial charge in [0.15, 0.2) is 5.84 Å². The molecule has 0 aliphatic rings. The van der Waals surface area contributed by atoms with Crippen molar-refractivity contribution >= 4 is 17.4 Å². The highest BCUT2D eigenvalue weighted by Gasteiger charge is 2.11. The van der Waals surface area contributed by atoms with Crippen LogP contribution in [0.3, 0.4) is 0 Å². The number of amidine groups is 1. The summed E-state index contributed by atoms with van der Waals surface area (Å²) in [5.74, 6) is -1.46. The number of oxime groups is 1. The lowest BCUT2D eigenvalue weighted by Crippen LogP contribution is -2.17. The van der Waals surface area contributed by atoms with Crippen molar-refractivity contribution in [1.82, 2.24) is 0 Å². The summed E-state index contributed by atoms with van der Waals surface area (Å²) in [5, 5.41) is 23.0. The van der Waals surface area contributed by atoms with E-state index in [-0.39, 0.29) is 17.0 Å². The average molecular weight is 289 g/mol. The molecule has 2 aromatic carbocycles. The van der Waals surface area contributed by atoms with Crippen LogP contribution in [0, 0.1) is 5.82 Å². The second-order valence-corrected chi connectivity index (χ2v) is 4.18. The lowest BCUT2D eigenvalue weighted by atomic mass is 10.1. The number of hydrogen-bond acceptors (Lipinski definition) is 4. The van der Waals surface area contributed by atoms with Gasteiger partial charge in [-0.25, -0.2) is 4.39 Å². The summed E-state index contributed by atoms with van der Waals surface area (Å²) in [5.41, 5.74) is 5.83. The minimum Gasteiger partial charge on any atom is -0.508 e. The van der Waals surface area contributed by atoms with E-state index in [2.05, 4.69) is 10.5 Å². The zero-order valence-electron chi connectivity index (χ0n) is 10.7. The molecule has 0 heterocycles. The molecule has 21 heavy (non-hydrogen) atoms. The molecule has 0 aliphatic heterocycles. The van der Waals surface area contributed by atoms with Crippen LogP contribution in [-0.4, -0.2) is 22.1 Å². The van der Waals surface area contributed by atoms with E-state index in [0.29, 0.717) is 5.56 Å². The van der Waals surface area contributed by atoms with Crippen LogP contribution in [0.25, 0.3) is 0 Å². The Morgan fingerprint density at radius 1 is 1.19 bits per heavy atom. The van der Waals surface area contributed by atoms with Crippen molar-refractivity contribution in [1.29, 1.82) is 0 Å². The average Bonchev–Trinajstić information content (AvgIpc) is 2.49. The van der Waals surface area contributed by atoms with Crippen LogP contribution in [0.15, 0.2) is 47.6 Å². The number of phenols is 1. The van der Waals surface area contributed by atoms with Gasteiger partial charge in [-0.2, -0.15) is 0 Å². The number of carbonyl (C=O) groups excluding carboxylic acids is 1. The summed E-state index contributed by atoms with van der Waals surface area (Å²) in [6.07, 6.45) is 0. The number of halogens is 1. The molecule has 2 aromatic rings. The Morgan fingerprint density at radius 3 is 2.48 bits per heavy atom. The van der Waals surface area contributed by atoms with Crippen LogP contribution in [-0.2, 0) is 0 Å². The predicted octanol–water partition coefficient (Wildman–Crippen LogP) is 1.88. The Balaban J connectivity index is 2.23. The van der Waals surface area contributed by atoms with E-state index in [1.165, 1.54) is 36.4 Å². The van der Waals surface area contributed by atoms with Gasteiger partial charge in [-0.05, 0) is 42.5 Å². The van der Waals surface area contributed by atoms with E-state index < -0.39 is 17.6 Å². The summed E-state index contributed by atoms with van der Waals surface area (Å²) in [7, 11) is 0. The lowest BCUT2D eigenvalue weighted by Gasteiger charge is -2.08. The van der Waals surface area contributed by atoms with Crippen LogP contribution in [0.4, 0.5) is 10.1 Å². The zero-order chi connectivity index (χ0) is 15.4. The molecule has 0 aromatic heterocycles. The first-order valence-electron chi connectivity index (χ1n) is 5.89. The summed E-state index contributed by atoms with van der Waals surface area (Å²) in [6.45, 7) is 0. The molecule has 0 fully saturated rings. The largest absolute Gasteiger partial charge is 0.508 e. The Hall–Kier alpha value is -3.09. The monoisotopic (exact) mass is 289 g/mol. The maximum Gasteiger partial charge on any atom is 0.255 e. The number of nitrogens with one attached hydrogen (secondary N) is 1. The number of rotatable bonds is 3. The number of amides is 1. The van der Waals surface area contributed by atoms with Gasteiger partial charge in [0.1, 0.15) is 11.6 Å². The normalized spacial score (nSPS) is 11.2. The van der Waals surface area contributed by atoms with Crippen LogP contribution in [0.1, 0.15) is 15.9 Å². The molecule has 0 spiro atoms. The van der Waals surface area contributed by atoms with Gasteiger partial charge >= 0.3 is 0 Å². The summed E-state index contributed by atoms with van der Waals surface area (Å²) < 4.78 is 13.5. The summed E-state index contributed by atoms with van der Waals surface area (Å²) >= 11 is 0. The van der Waals surface area contributed by atoms with Gasteiger partial charge in [-0.15, -0.1) is 0 Å². The molecular weight excluding hydrogens is 277 g/mol. The molecule has 0 atom stereocenters. The van der Waals surface area contributed by atoms with E-state index in [1.807, 2.05) is 0 Å². The minimum atomic E-state index is -0.673. The smallest absolute Gasteiger partial charge is 0.255 e. The van der Waals surface area contributed by atoms with Gasteiger partial charge < -0.3 is 21.4 Å². The van der Waals surface area contributed by atoms with Crippen molar-refractivity contribution in [2.75, 3.05) is 5.32 Å². The number of hydrogen-bond donors (Lipinski definition) is 4. The van der Waals surface area contributed by atoms with Gasteiger partial charge in [0.2, 0.25) is 0 Å². The van der Waals surface area contributed by atoms with Gasteiger partial charge in [-0.3, -0.25) is 4.79 Å². The number of benzene rings is 2. The van der Waals surface area contributed by atoms with E-state index >= 15 is 0 Å². The first kappa shape index (κ1) is 14.3. The highest BCUT2D eigenvalue weighted by atomic mass is 19.1. The fourth-order valence-corrected chi connectivity index (χ4v) is 1.67. The van der Waals surface area contributed by atoms with Crippen molar-refractivity contribution in [3.8, 4) is 5.75 Å². The molecule has 2 rings (SSSR count). The third-order valence-electron chi connectivity index (χ3n) is 2.74. The second-order valence-electron chi connectivity index (χ2n) is 4.18. The molecular formula is C14H12FN3O3. The SMILES string of the molecule is NC(=NO)c1cc(NC(=O)c2ccc(O)cc2)ccc1F. The zero-order valence-corrected chi connectivity index (χ0v) is 10.7. The maximum atomic E-state index is 13.5. The van der Waals surface area contributed by atoms with Crippen molar-refractivity contribution < 1.29 is 19.5 Å². The molecule has 0 radical (unpaired) electrons. The Kier molecular flexibility index (Phi) is 4.03. The highest BCUT2D eigenvalue weighted by molar-refractivity contribution is 6.05. The fourth-order valence-electron chi connectivity index (χ4n) is 1.67. The van der Waals surface area contributed by atoms with Crippen molar-refractivity contribution in [3.63, 3.8) is 0 Å². The lowest BCUT2D eigenvalue weighted by molar-refractivity contribution is 0.102. The third-order valence-corrected chi connectivity index (χ3v) is 2.74. The van der Waals surface area contributed by atoms with Crippen molar-refractivity contribution in [2.24, 2.45) is 10.9 Å². The molecule has 0 unspecified atom stereocenters. The molecule has 0 bridgehead atoms. The molecule has 5 N–H and O–H groups in total. The first-order valence-corrected chi connectivity index (χ1v) is 5.89. The van der Waals surface area contributed by atoms with Gasteiger partial charge in [0, 0.05) is 11.3 Å². The Labute approximate surface area is 119 Å². The van der Waals surface area contributed by atoms with Gasteiger partial charge in [0.25, 0.3) is 5.91 Å². The fraction of sp³-hybridized carbons (Fsp3) is 0. The standard InChI is InChI=1S/C14H12FN3O3/c15-12-6-3-9(7-11(12)13(16)18-21)17-14(20)8-1-4-10(19)5-2-8/h1-7,19,21H,(H2,16,18)(H,17,20). The van der Waals surface area contributed by atoms with Gasteiger partial charge in [0.05, 0.1) is 5.56 Å². The van der Waals surface area contributed by atoms with Crippen LogP contribution in [0.2, 0.25) is 0 Å². The van der Waals surface area contributed by atoms with E-state index in [0.717, 1.165) is 6.07 Å². The van der Waals surface area contributed by atoms with Crippen molar-refractivity contribution in [3.05, 3.63) is 59.4 Å². The van der Waals surface area contributed by atoms with Crippen LogP contribution >= 0.6 is 0 Å². The molecule has 7 heteroatoms. The number of phenolic OH excluding ortho intramolecular Hbond substituents is 1. The van der Waals surface area contributed by atoms with Crippen molar-refractivity contribution in [2.45, 2.75) is 0 Å². The third kappa shape index (κ3) is 3.27.